The molecular weight excluding hydrogens is 258 g/mol. The first-order valence-corrected chi connectivity index (χ1v) is 4.55. The molecule has 0 radical (unpaired) electrons. The van der Waals surface area contributed by atoms with E-state index in [0.717, 1.165) is 4.47 Å². The van der Waals surface area contributed by atoms with Crippen LogP contribution in [0.1, 0.15) is 5.69 Å². The lowest BCUT2D eigenvalue weighted by Gasteiger charge is -2.03. The second-order valence-corrected chi connectivity index (χ2v) is 3.40. The van der Waals surface area contributed by atoms with Crippen molar-refractivity contribution < 1.29 is 13.6 Å². The smallest absolute Gasteiger partial charge is 0.315 e. The van der Waals surface area contributed by atoms with Crippen LogP contribution >= 0.6 is 15.9 Å². The van der Waals surface area contributed by atoms with Crippen LogP contribution in [0.5, 0.6) is 0 Å². The number of rotatable bonds is 3. The first kappa shape index (κ1) is 11.0. The number of hydrogen-bond donors (Lipinski definition) is 1. The molecule has 1 rings (SSSR count). The van der Waals surface area contributed by atoms with Crippen molar-refractivity contribution in [1.82, 2.24) is 10.3 Å². The third-order valence-electron chi connectivity index (χ3n) is 1.42. The molecule has 1 heterocycles. The molecule has 0 fully saturated rings. The summed E-state index contributed by atoms with van der Waals surface area (Å²) >= 11 is 3.20. The van der Waals surface area contributed by atoms with Gasteiger partial charge in [-0.1, -0.05) is 15.9 Å². The number of aromatic nitrogens is 1. The highest BCUT2D eigenvalue weighted by Crippen LogP contribution is 2.08. The lowest BCUT2D eigenvalue weighted by Crippen LogP contribution is -2.29. The second kappa shape index (κ2) is 4.99. The number of carbonyl (C=O) groups excluding carboxylic acids is 1. The Labute approximate surface area is 87.7 Å². The zero-order valence-corrected chi connectivity index (χ0v) is 8.59. The highest BCUT2D eigenvalue weighted by molar-refractivity contribution is 9.10. The SMILES string of the molecule is O=C(NCc1cc(Br)ccn1)C(F)F. The normalized spacial score (nSPS) is 10.3. The summed E-state index contributed by atoms with van der Waals surface area (Å²) in [5.41, 5.74) is 0.522. The predicted octanol–water partition coefficient (Wildman–Crippen LogP) is 1.73. The lowest BCUT2D eigenvalue weighted by molar-refractivity contribution is -0.131. The molecule has 0 aromatic carbocycles. The Morgan fingerprint density at radius 3 is 2.93 bits per heavy atom. The maximum Gasteiger partial charge on any atom is 0.315 e. The van der Waals surface area contributed by atoms with Gasteiger partial charge in [-0.3, -0.25) is 9.78 Å². The van der Waals surface area contributed by atoms with Crippen molar-refractivity contribution in [3.8, 4) is 0 Å². The number of nitrogens with zero attached hydrogens (tertiary/aromatic N) is 1. The Bertz CT molecular complexity index is 333. The van der Waals surface area contributed by atoms with Crippen LogP contribution in [0.4, 0.5) is 8.78 Å². The zero-order chi connectivity index (χ0) is 10.6. The molecule has 0 bridgehead atoms. The van der Waals surface area contributed by atoms with Crippen molar-refractivity contribution in [2.24, 2.45) is 0 Å². The highest BCUT2D eigenvalue weighted by atomic mass is 79.9. The topological polar surface area (TPSA) is 42.0 Å². The van der Waals surface area contributed by atoms with E-state index >= 15 is 0 Å². The summed E-state index contributed by atoms with van der Waals surface area (Å²) in [5, 5.41) is 2.05. The fourth-order valence-electron chi connectivity index (χ4n) is 0.800. The molecule has 0 atom stereocenters. The van der Waals surface area contributed by atoms with E-state index in [0.29, 0.717) is 5.69 Å². The van der Waals surface area contributed by atoms with E-state index in [1.165, 1.54) is 6.20 Å². The molecule has 0 aliphatic rings. The number of carbonyl (C=O) groups is 1. The molecule has 1 amide bonds. The summed E-state index contributed by atoms with van der Waals surface area (Å²) < 4.78 is 24.3. The molecule has 0 saturated heterocycles. The maximum atomic E-state index is 11.8. The van der Waals surface area contributed by atoms with E-state index in [9.17, 15) is 13.6 Å². The average Bonchev–Trinajstić information content (AvgIpc) is 2.14. The second-order valence-electron chi connectivity index (χ2n) is 2.48. The first-order valence-electron chi connectivity index (χ1n) is 3.76. The number of pyridine rings is 1. The van der Waals surface area contributed by atoms with Gasteiger partial charge in [0.25, 0.3) is 5.91 Å². The van der Waals surface area contributed by atoms with Crippen LogP contribution in [0, 0.1) is 0 Å². The Morgan fingerprint density at radius 1 is 1.64 bits per heavy atom. The fourth-order valence-corrected chi connectivity index (χ4v) is 1.18. The van der Waals surface area contributed by atoms with E-state index in [4.69, 9.17) is 0 Å². The van der Waals surface area contributed by atoms with Crippen LogP contribution in [0.3, 0.4) is 0 Å². The number of hydrogen-bond acceptors (Lipinski definition) is 2. The number of alkyl halides is 2. The Morgan fingerprint density at radius 2 is 2.36 bits per heavy atom. The summed E-state index contributed by atoms with van der Waals surface area (Å²) in [7, 11) is 0. The largest absolute Gasteiger partial charge is 0.345 e. The lowest BCUT2D eigenvalue weighted by atomic mass is 10.3. The molecule has 14 heavy (non-hydrogen) atoms. The Kier molecular flexibility index (Phi) is 3.94. The maximum absolute atomic E-state index is 11.8. The molecule has 1 aromatic heterocycles. The van der Waals surface area contributed by atoms with Crippen molar-refractivity contribution >= 4 is 21.8 Å². The van der Waals surface area contributed by atoms with E-state index in [1.807, 2.05) is 0 Å². The summed E-state index contributed by atoms with van der Waals surface area (Å²) in [4.78, 5) is 14.4. The summed E-state index contributed by atoms with van der Waals surface area (Å²) in [6, 6.07) is 3.35. The number of halogens is 3. The van der Waals surface area contributed by atoms with Gasteiger partial charge in [-0.25, -0.2) is 0 Å². The average molecular weight is 265 g/mol. The van der Waals surface area contributed by atoms with Gasteiger partial charge in [-0.15, -0.1) is 0 Å². The van der Waals surface area contributed by atoms with Gasteiger partial charge < -0.3 is 5.32 Å². The van der Waals surface area contributed by atoms with Crippen LogP contribution in [0.25, 0.3) is 0 Å². The third kappa shape index (κ3) is 3.37. The van der Waals surface area contributed by atoms with Crippen LogP contribution < -0.4 is 5.32 Å². The number of nitrogens with one attached hydrogen (secondary N) is 1. The first-order chi connectivity index (χ1) is 6.59. The quantitative estimate of drug-likeness (QED) is 0.904. The minimum Gasteiger partial charge on any atom is -0.345 e. The molecular formula is C8H7BrF2N2O. The summed E-state index contributed by atoms with van der Waals surface area (Å²) in [5.74, 6) is -1.29. The van der Waals surface area contributed by atoms with Crippen LogP contribution in [0.15, 0.2) is 22.8 Å². The van der Waals surface area contributed by atoms with Crippen LogP contribution in [-0.2, 0) is 11.3 Å². The highest BCUT2D eigenvalue weighted by Gasteiger charge is 2.13. The minimum absolute atomic E-state index is 0.00259. The predicted molar refractivity (Wildman–Crippen MR) is 49.8 cm³/mol. The van der Waals surface area contributed by atoms with Gasteiger partial charge in [-0.05, 0) is 12.1 Å². The summed E-state index contributed by atoms with van der Waals surface area (Å²) in [6.45, 7) is 0.00259. The third-order valence-corrected chi connectivity index (χ3v) is 1.91. The Hall–Kier alpha value is -1.04. The Balaban J connectivity index is 2.50. The molecule has 0 unspecified atom stereocenters. The minimum atomic E-state index is -2.98. The van der Waals surface area contributed by atoms with Crippen molar-refractivity contribution in [2.45, 2.75) is 13.0 Å². The van der Waals surface area contributed by atoms with Gasteiger partial charge in [0.2, 0.25) is 0 Å². The van der Waals surface area contributed by atoms with E-state index in [-0.39, 0.29) is 6.54 Å². The van der Waals surface area contributed by atoms with Gasteiger partial charge in [-0.2, -0.15) is 8.78 Å². The van der Waals surface area contributed by atoms with E-state index < -0.39 is 12.3 Å². The van der Waals surface area contributed by atoms with Crippen molar-refractivity contribution in [1.29, 1.82) is 0 Å². The van der Waals surface area contributed by atoms with Gasteiger partial charge >= 0.3 is 6.43 Å². The van der Waals surface area contributed by atoms with E-state index in [1.54, 1.807) is 12.1 Å². The van der Waals surface area contributed by atoms with Crippen LogP contribution in [0.2, 0.25) is 0 Å². The zero-order valence-electron chi connectivity index (χ0n) is 7.01. The summed E-state index contributed by atoms with van der Waals surface area (Å²) in [6.07, 6.45) is -1.46. The molecule has 0 aliphatic heterocycles. The van der Waals surface area contributed by atoms with Gasteiger partial charge in [0, 0.05) is 10.7 Å². The molecule has 1 N–H and O–H groups in total. The van der Waals surface area contributed by atoms with Crippen molar-refractivity contribution in [2.75, 3.05) is 0 Å². The fraction of sp³-hybridized carbons (Fsp3) is 0.250. The van der Waals surface area contributed by atoms with Gasteiger partial charge in [0.05, 0.1) is 12.2 Å². The molecule has 0 aliphatic carbocycles. The van der Waals surface area contributed by atoms with Gasteiger partial charge in [0.15, 0.2) is 0 Å². The standard InChI is InChI=1S/C8H7BrF2N2O/c9-5-1-2-12-6(3-5)4-13-8(14)7(10)11/h1-3,7H,4H2,(H,13,14). The monoisotopic (exact) mass is 264 g/mol. The molecule has 0 spiro atoms. The van der Waals surface area contributed by atoms with Gasteiger partial charge in [0.1, 0.15) is 0 Å². The molecule has 1 aromatic rings. The van der Waals surface area contributed by atoms with Crippen molar-refractivity contribution in [3.05, 3.63) is 28.5 Å². The van der Waals surface area contributed by atoms with E-state index in [2.05, 4.69) is 26.2 Å². The molecule has 0 saturated carbocycles. The molecule has 3 nitrogen and oxygen atoms in total. The van der Waals surface area contributed by atoms with Crippen molar-refractivity contribution in [3.63, 3.8) is 0 Å². The van der Waals surface area contributed by atoms with Crippen LogP contribution in [-0.4, -0.2) is 17.3 Å². The molecule has 6 heteroatoms. The number of amides is 1. The molecule has 76 valence electrons.